The number of rotatable bonds is 6. The molecular weight excluding hydrogens is 452 g/mol. The third kappa shape index (κ3) is 5.08. The molecule has 7 heteroatoms. The van der Waals surface area contributed by atoms with Gasteiger partial charge in [0.05, 0.1) is 18.3 Å². The molecule has 5 rings (SSSR count). The van der Waals surface area contributed by atoms with E-state index in [0.717, 1.165) is 56.2 Å². The van der Waals surface area contributed by atoms with Gasteiger partial charge in [-0.15, -0.1) is 0 Å². The molecule has 2 atom stereocenters. The average Bonchev–Trinajstić information content (AvgIpc) is 3.53. The molecule has 194 valence electrons. The Morgan fingerprint density at radius 1 is 1.08 bits per heavy atom. The normalized spacial score (nSPS) is 25.3. The highest BCUT2D eigenvalue weighted by Gasteiger charge is 2.49. The predicted octanol–water partition coefficient (Wildman–Crippen LogP) is 4.74. The second kappa shape index (κ2) is 10.8. The molecule has 0 radical (unpaired) electrons. The van der Waals surface area contributed by atoms with Crippen molar-refractivity contribution in [2.75, 3.05) is 13.2 Å². The number of hydrogen-bond acceptors (Lipinski definition) is 4. The Hall–Kier alpha value is -2.67. The highest BCUT2D eigenvalue weighted by atomic mass is 16.5. The van der Waals surface area contributed by atoms with Crippen molar-refractivity contribution in [3.8, 4) is 11.3 Å². The molecular formula is C29H40N4O3. The topological polar surface area (TPSA) is 76.5 Å². The number of carbonyl (C=O) groups is 2. The first-order valence-corrected chi connectivity index (χ1v) is 13.9. The van der Waals surface area contributed by atoms with Gasteiger partial charge in [0.2, 0.25) is 5.91 Å². The first-order valence-electron chi connectivity index (χ1n) is 13.9. The number of nitrogens with zero attached hydrogens (tertiary/aromatic N) is 3. The van der Waals surface area contributed by atoms with Gasteiger partial charge in [-0.25, -0.2) is 0 Å². The molecule has 2 aromatic rings. The Kier molecular flexibility index (Phi) is 7.47. The van der Waals surface area contributed by atoms with Gasteiger partial charge < -0.3 is 15.0 Å². The van der Waals surface area contributed by atoms with Crippen LogP contribution in [0.2, 0.25) is 0 Å². The largest absolute Gasteiger partial charge is 0.376 e. The maximum Gasteiger partial charge on any atom is 0.273 e. The van der Waals surface area contributed by atoms with Gasteiger partial charge in [0.15, 0.2) is 0 Å². The molecule has 2 aliphatic heterocycles. The zero-order valence-corrected chi connectivity index (χ0v) is 21.8. The highest BCUT2D eigenvalue weighted by molar-refractivity contribution is 6.00. The van der Waals surface area contributed by atoms with Crippen LogP contribution in [0.25, 0.3) is 11.3 Å². The zero-order valence-electron chi connectivity index (χ0n) is 21.8. The number of carbonyl (C=O) groups excluding carboxylic acids is 2. The zero-order chi connectivity index (χ0) is 25.1. The quantitative estimate of drug-likeness (QED) is 0.632. The fraction of sp³-hybridized carbons (Fsp3) is 0.621. The van der Waals surface area contributed by atoms with E-state index < -0.39 is 5.54 Å². The van der Waals surface area contributed by atoms with Crippen LogP contribution >= 0.6 is 0 Å². The van der Waals surface area contributed by atoms with Crippen LogP contribution in [0.1, 0.15) is 87.7 Å². The van der Waals surface area contributed by atoms with E-state index in [4.69, 9.17) is 9.84 Å². The molecule has 2 amide bonds. The number of benzene rings is 1. The molecule has 2 fully saturated rings. The summed E-state index contributed by atoms with van der Waals surface area (Å²) in [6, 6.07) is 10.4. The molecule has 0 bridgehead atoms. The average molecular weight is 493 g/mol. The number of amides is 2. The van der Waals surface area contributed by atoms with Gasteiger partial charge >= 0.3 is 0 Å². The van der Waals surface area contributed by atoms with Gasteiger partial charge in [0.25, 0.3) is 5.91 Å². The predicted molar refractivity (Wildman–Crippen MR) is 140 cm³/mol. The lowest BCUT2D eigenvalue weighted by Crippen LogP contribution is -2.66. The summed E-state index contributed by atoms with van der Waals surface area (Å²) in [4.78, 5) is 29.5. The third-order valence-corrected chi connectivity index (χ3v) is 8.30. The molecule has 1 aromatic carbocycles. The van der Waals surface area contributed by atoms with Crippen molar-refractivity contribution in [1.29, 1.82) is 0 Å². The number of hydrogen-bond donors (Lipinski definition) is 1. The van der Waals surface area contributed by atoms with E-state index in [0.29, 0.717) is 25.4 Å². The summed E-state index contributed by atoms with van der Waals surface area (Å²) in [6.45, 7) is 5.52. The molecule has 36 heavy (non-hydrogen) atoms. The molecule has 1 saturated heterocycles. The second-order valence-corrected chi connectivity index (χ2v) is 11.0. The lowest BCUT2D eigenvalue weighted by Gasteiger charge is -2.44. The monoisotopic (exact) mass is 492 g/mol. The maximum absolute atomic E-state index is 13.9. The van der Waals surface area contributed by atoms with Crippen LogP contribution in [0, 0.1) is 0 Å². The van der Waals surface area contributed by atoms with Crippen LogP contribution in [0.15, 0.2) is 30.3 Å². The van der Waals surface area contributed by atoms with Crippen LogP contribution < -0.4 is 5.32 Å². The summed E-state index contributed by atoms with van der Waals surface area (Å²) < 4.78 is 7.64. The summed E-state index contributed by atoms with van der Waals surface area (Å²) in [5, 5.41) is 8.14. The van der Waals surface area contributed by atoms with Gasteiger partial charge in [0, 0.05) is 24.8 Å². The minimum atomic E-state index is -1.02. The maximum atomic E-state index is 13.9. The van der Waals surface area contributed by atoms with Gasteiger partial charge in [-0.1, -0.05) is 63.3 Å². The van der Waals surface area contributed by atoms with E-state index in [1.54, 1.807) is 9.58 Å². The Labute approximate surface area is 214 Å². The fourth-order valence-electron chi connectivity index (χ4n) is 5.91. The number of ether oxygens (including phenoxy) is 1. The summed E-state index contributed by atoms with van der Waals surface area (Å²) >= 11 is 0. The van der Waals surface area contributed by atoms with Crippen molar-refractivity contribution in [3.05, 3.63) is 41.6 Å². The molecule has 3 aliphatic rings. The van der Waals surface area contributed by atoms with Gasteiger partial charge in [0.1, 0.15) is 11.2 Å². The smallest absolute Gasteiger partial charge is 0.273 e. The van der Waals surface area contributed by atoms with Crippen molar-refractivity contribution >= 4 is 11.8 Å². The molecule has 1 N–H and O–H groups in total. The fourth-order valence-corrected chi connectivity index (χ4v) is 5.91. The van der Waals surface area contributed by atoms with Crippen molar-refractivity contribution in [2.45, 2.75) is 102 Å². The molecule has 0 spiro atoms. The van der Waals surface area contributed by atoms with E-state index in [2.05, 4.69) is 36.5 Å². The first-order chi connectivity index (χ1) is 17.5. The van der Waals surface area contributed by atoms with Gasteiger partial charge in [-0.05, 0) is 50.7 Å². The summed E-state index contributed by atoms with van der Waals surface area (Å²) in [7, 11) is 0. The van der Waals surface area contributed by atoms with Crippen molar-refractivity contribution in [2.24, 2.45) is 0 Å². The number of fused-ring (bicyclic) bond motifs is 1. The number of aromatic nitrogens is 2. The summed E-state index contributed by atoms with van der Waals surface area (Å²) in [5.74, 6) is -0.217. The number of aryl methyl sites for hydroxylation is 1. The van der Waals surface area contributed by atoms with Crippen molar-refractivity contribution in [3.63, 3.8) is 0 Å². The van der Waals surface area contributed by atoms with Crippen molar-refractivity contribution in [1.82, 2.24) is 20.0 Å². The minimum Gasteiger partial charge on any atom is -0.376 e. The Morgan fingerprint density at radius 2 is 1.81 bits per heavy atom. The SMILES string of the molecule is CCc1ccc(-c2cc3n(n2)C[C@@](C)(C(=O)NC2CCCCCCC2)N(C[C@@H]2CCCO2)C3=O)cc1. The molecule has 1 aromatic heterocycles. The Balaban J connectivity index is 1.43. The first kappa shape index (κ1) is 25.0. The summed E-state index contributed by atoms with van der Waals surface area (Å²) in [6.07, 6.45) is 10.9. The molecule has 1 saturated carbocycles. The third-order valence-electron chi connectivity index (χ3n) is 8.30. The van der Waals surface area contributed by atoms with Crippen LogP contribution in [0.4, 0.5) is 0 Å². The van der Waals surface area contributed by atoms with E-state index >= 15 is 0 Å². The number of nitrogens with one attached hydrogen (secondary N) is 1. The lowest BCUT2D eigenvalue weighted by atomic mass is 9.92. The van der Waals surface area contributed by atoms with Crippen LogP contribution in [-0.4, -0.2) is 57.3 Å². The van der Waals surface area contributed by atoms with Crippen LogP contribution in [0.3, 0.4) is 0 Å². The Morgan fingerprint density at radius 3 is 2.47 bits per heavy atom. The molecule has 7 nitrogen and oxygen atoms in total. The van der Waals surface area contributed by atoms with Crippen LogP contribution in [0.5, 0.6) is 0 Å². The van der Waals surface area contributed by atoms with Gasteiger partial charge in [-0.3, -0.25) is 14.3 Å². The van der Waals surface area contributed by atoms with E-state index in [1.165, 1.54) is 24.8 Å². The summed E-state index contributed by atoms with van der Waals surface area (Å²) in [5.41, 5.74) is 2.53. The Bertz CT molecular complexity index is 1060. The van der Waals surface area contributed by atoms with E-state index in [-0.39, 0.29) is 24.0 Å². The lowest BCUT2D eigenvalue weighted by molar-refractivity contribution is -0.134. The molecule has 1 aliphatic carbocycles. The molecule has 0 unspecified atom stereocenters. The van der Waals surface area contributed by atoms with E-state index in [9.17, 15) is 9.59 Å². The second-order valence-electron chi connectivity index (χ2n) is 11.0. The van der Waals surface area contributed by atoms with Crippen molar-refractivity contribution < 1.29 is 14.3 Å². The van der Waals surface area contributed by atoms with Crippen LogP contribution in [-0.2, 0) is 22.5 Å². The molecule has 3 heterocycles. The van der Waals surface area contributed by atoms with E-state index in [1.807, 2.05) is 13.0 Å². The standard InChI is InChI=1S/C29H40N4O3/c1-3-21-13-15-22(16-14-21)25-18-26-27(34)32(19-24-12-9-17-36-24)29(2,20-33(26)31-25)28(35)30-23-10-7-5-4-6-8-11-23/h13-16,18,23-24H,3-12,17,19-20H2,1-2H3,(H,30,35)/t24-,29-/m0/s1. The minimum absolute atomic E-state index is 0.0296. The highest BCUT2D eigenvalue weighted by Crippen LogP contribution is 2.32. The van der Waals surface area contributed by atoms with Gasteiger partial charge in [-0.2, -0.15) is 5.10 Å².